The van der Waals surface area contributed by atoms with Gasteiger partial charge in [0.2, 0.25) is 0 Å². The lowest BCUT2D eigenvalue weighted by molar-refractivity contribution is 0.157. The molecule has 0 radical (unpaired) electrons. The van der Waals surface area contributed by atoms with Crippen LogP contribution in [-0.4, -0.2) is 17.8 Å². The van der Waals surface area contributed by atoms with Crippen molar-refractivity contribution in [3.8, 4) is 5.75 Å². The van der Waals surface area contributed by atoms with Gasteiger partial charge in [-0.05, 0) is 42.0 Å². The van der Waals surface area contributed by atoms with Crippen LogP contribution in [0.5, 0.6) is 5.75 Å². The van der Waals surface area contributed by atoms with Crippen molar-refractivity contribution in [1.82, 2.24) is 5.32 Å². The number of aliphatic hydroxyl groups is 1. The van der Waals surface area contributed by atoms with Crippen molar-refractivity contribution in [2.75, 3.05) is 6.61 Å². The van der Waals surface area contributed by atoms with Gasteiger partial charge in [-0.2, -0.15) is 0 Å². The molecule has 2 aromatic rings. The lowest BCUT2D eigenvalue weighted by atomic mass is 10.1. The van der Waals surface area contributed by atoms with Crippen LogP contribution in [0.2, 0.25) is 0 Å². The van der Waals surface area contributed by atoms with Crippen molar-refractivity contribution in [1.29, 1.82) is 0 Å². The fraction of sp³-hybridized carbons (Fsp3) is 0.412. The molecular weight excluding hydrogens is 282 g/mol. The van der Waals surface area contributed by atoms with E-state index in [2.05, 4.69) is 30.4 Å². The van der Waals surface area contributed by atoms with E-state index in [-0.39, 0.29) is 12.1 Å². The highest BCUT2D eigenvalue weighted by atomic mass is 32.1. The van der Waals surface area contributed by atoms with Gasteiger partial charge >= 0.3 is 0 Å². The van der Waals surface area contributed by atoms with Crippen molar-refractivity contribution < 1.29 is 9.84 Å². The second-order valence-corrected chi connectivity index (χ2v) is 6.57. The van der Waals surface area contributed by atoms with Crippen molar-refractivity contribution >= 4 is 11.3 Å². The minimum atomic E-state index is -0.374. The number of ether oxygens (including phenoxy) is 1. The van der Waals surface area contributed by atoms with Gasteiger partial charge in [0.25, 0.3) is 0 Å². The third kappa shape index (κ3) is 3.64. The first-order valence-electron chi connectivity index (χ1n) is 7.42. The first kappa shape index (κ1) is 14.6. The van der Waals surface area contributed by atoms with Gasteiger partial charge < -0.3 is 15.2 Å². The summed E-state index contributed by atoms with van der Waals surface area (Å²) in [7, 11) is 0. The van der Waals surface area contributed by atoms with Crippen molar-refractivity contribution in [2.24, 2.45) is 0 Å². The van der Waals surface area contributed by atoms with Crippen molar-refractivity contribution in [3.05, 3.63) is 51.7 Å². The smallest absolute Gasteiger partial charge is 0.122 e. The van der Waals surface area contributed by atoms with Crippen LogP contribution in [0.1, 0.15) is 35.5 Å². The van der Waals surface area contributed by atoms with Crippen LogP contribution in [0.25, 0.3) is 0 Å². The SMILES string of the molecule is C[C@H](C[C@H](O)c1cccs1)NCc1ccc2c(c1)CCO2. The number of benzene rings is 1. The summed E-state index contributed by atoms with van der Waals surface area (Å²) >= 11 is 1.61. The Morgan fingerprint density at radius 3 is 3.10 bits per heavy atom. The molecule has 0 saturated carbocycles. The third-order valence-electron chi connectivity index (χ3n) is 3.86. The van der Waals surface area contributed by atoms with Gasteiger partial charge in [0.05, 0.1) is 12.7 Å². The summed E-state index contributed by atoms with van der Waals surface area (Å²) in [5.74, 6) is 1.03. The Hall–Kier alpha value is -1.36. The molecule has 0 aliphatic carbocycles. The second-order valence-electron chi connectivity index (χ2n) is 5.59. The topological polar surface area (TPSA) is 41.5 Å². The Kier molecular flexibility index (Phi) is 4.58. The van der Waals surface area contributed by atoms with Crippen LogP contribution < -0.4 is 10.1 Å². The van der Waals surface area contributed by atoms with E-state index in [1.54, 1.807) is 11.3 Å². The molecular formula is C17H21NO2S. The lowest BCUT2D eigenvalue weighted by Gasteiger charge is -2.17. The summed E-state index contributed by atoms with van der Waals surface area (Å²) < 4.78 is 5.52. The van der Waals surface area contributed by atoms with Crippen molar-refractivity contribution in [2.45, 2.75) is 38.5 Å². The molecule has 0 saturated heterocycles. The predicted octanol–water partition coefficient (Wildman–Crippen LogP) is 3.28. The van der Waals surface area contributed by atoms with Crippen LogP contribution in [0.4, 0.5) is 0 Å². The molecule has 2 heterocycles. The van der Waals surface area contributed by atoms with Gasteiger partial charge in [0.1, 0.15) is 5.75 Å². The molecule has 112 valence electrons. The molecule has 1 aromatic carbocycles. The molecule has 1 aliphatic heterocycles. The van der Waals surface area contributed by atoms with E-state index in [9.17, 15) is 5.11 Å². The van der Waals surface area contributed by atoms with E-state index in [4.69, 9.17) is 4.74 Å². The van der Waals surface area contributed by atoms with E-state index in [1.165, 1.54) is 11.1 Å². The zero-order valence-corrected chi connectivity index (χ0v) is 13.0. The summed E-state index contributed by atoms with van der Waals surface area (Å²) in [5, 5.41) is 15.6. The summed E-state index contributed by atoms with van der Waals surface area (Å²) in [6.07, 6.45) is 1.37. The number of rotatable bonds is 6. The predicted molar refractivity (Wildman–Crippen MR) is 85.8 cm³/mol. The van der Waals surface area contributed by atoms with Gasteiger partial charge in [-0.15, -0.1) is 11.3 Å². The average molecular weight is 303 g/mol. The first-order valence-corrected chi connectivity index (χ1v) is 8.30. The fourth-order valence-corrected chi connectivity index (χ4v) is 3.38. The average Bonchev–Trinajstić information content (AvgIpc) is 3.15. The largest absolute Gasteiger partial charge is 0.493 e. The van der Waals surface area contributed by atoms with Crippen molar-refractivity contribution in [3.63, 3.8) is 0 Å². The molecule has 0 amide bonds. The molecule has 2 N–H and O–H groups in total. The Labute approximate surface area is 129 Å². The molecule has 4 heteroatoms. The van der Waals surface area contributed by atoms with Gasteiger partial charge in [-0.25, -0.2) is 0 Å². The van der Waals surface area contributed by atoms with Gasteiger partial charge in [0.15, 0.2) is 0 Å². The van der Waals surface area contributed by atoms with Crippen LogP contribution >= 0.6 is 11.3 Å². The van der Waals surface area contributed by atoms with Gasteiger partial charge in [-0.1, -0.05) is 18.2 Å². The maximum atomic E-state index is 10.2. The third-order valence-corrected chi connectivity index (χ3v) is 4.83. The second kappa shape index (κ2) is 6.60. The molecule has 0 spiro atoms. The number of fused-ring (bicyclic) bond motifs is 1. The number of thiophene rings is 1. The maximum absolute atomic E-state index is 10.2. The van der Waals surface area contributed by atoms with E-state index in [0.717, 1.165) is 36.6 Å². The summed E-state index contributed by atoms with van der Waals surface area (Å²) in [4.78, 5) is 1.04. The Morgan fingerprint density at radius 2 is 2.29 bits per heavy atom. The minimum absolute atomic E-state index is 0.270. The molecule has 0 fully saturated rings. The number of hydrogen-bond donors (Lipinski definition) is 2. The molecule has 21 heavy (non-hydrogen) atoms. The Bertz CT molecular complexity index is 582. The van der Waals surface area contributed by atoms with Crippen LogP contribution in [-0.2, 0) is 13.0 Å². The van der Waals surface area contributed by atoms with E-state index >= 15 is 0 Å². The van der Waals surface area contributed by atoms with E-state index in [0.29, 0.717) is 0 Å². The molecule has 0 bridgehead atoms. The van der Waals surface area contributed by atoms with E-state index < -0.39 is 0 Å². The summed E-state index contributed by atoms with van der Waals surface area (Å²) in [6.45, 7) is 3.74. The standard InChI is InChI=1S/C17H21NO2S/c1-12(9-15(19)17-3-2-8-21-17)18-11-13-4-5-16-14(10-13)6-7-20-16/h2-5,8,10,12,15,18-19H,6-7,9,11H2,1H3/t12-,15+/m1/s1. The highest BCUT2D eigenvalue weighted by Crippen LogP contribution is 2.26. The summed E-state index contributed by atoms with van der Waals surface area (Å²) in [6, 6.07) is 10.6. The first-order chi connectivity index (χ1) is 10.2. The highest BCUT2D eigenvalue weighted by molar-refractivity contribution is 7.10. The van der Waals surface area contributed by atoms with Crippen LogP contribution in [0.3, 0.4) is 0 Å². The maximum Gasteiger partial charge on any atom is 0.122 e. The number of nitrogens with one attached hydrogen (secondary N) is 1. The zero-order valence-electron chi connectivity index (χ0n) is 12.2. The van der Waals surface area contributed by atoms with Gasteiger partial charge in [-0.3, -0.25) is 0 Å². The van der Waals surface area contributed by atoms with E-state index in [1.807, 2.05) is 17.5 Å². The Morgan fingerprint density at radius 1 is 1.38 bits per heavy atom. The molecule has 3 nitrogen and oxygen atoms in total. The summed E-state index contributed by atoms with van der Waals surface area (Å²) in [5.41, 5.74) is 2.58. The zero-order chi connectivity index (χ0) is 14.7. The highest BCUT2D eigenvalue weighted by Gasteiger charge is 2.14. The molecule has 3 rings (SSSR count). The monoisotopic (exact) mass is 303 g/mol. The number of aliphatic hydroxyl groups excluding tert-OH is 1. The Balaban J connectivity index is 1.50. The van der Waals surface area contributed by atoms with Crippen LogP contribution in [0.15, 0.2) is 35.7 Å². The van der Waals surface area contributed by atoms with Crippen LogP contribution in [0, 0.1) is 0 Å². The molecule has 1 aromatic heterocycles. The minimum Gasteiger partial charge on any atom is -0.493 e. The molecule has 1 aliphatic rings. The quantitative estimate of drug-likeness (QED) is 0.860. The molecule has 0 unspecified atom stereocenters. The van der Waals surface area contributed by atoms with Gasteiger partial charge in [0, 0.05) is 23.9 Å². The lowest BCUT2D eigenvalue weighted by Crippen LogP contribution is -2.27. The molecule has 2 atom stereocenters. The fourth-order valence-electron chi connectivity index (χ4n) is 2.66. The number of hydrogen-bond acceptors (Lipinski definition) is 4. The normalized spacial score (nSPS) is 16.3.